The molecule has 0 radical (unpaired) electrons. The summed E-state index contributed by atoms with van der Waals surface area (Å²) in [6, 6.07) is 13.7. The molecule has 0 aliphatic carbocycles. The number of likely N-dealkylation sites (tertiary alicyclic amines) is 1. The molecule has 0 atom stereocenters. The molecule has 3 aromatic rings. The lowest BCUT2D eigenvalue weighted by molar-refractivity contribution is 0.0710. The number of phenols is 1. The Morgan fingerprint density at radius 3 is 2.58 bits per heavy atom. The summed E-state index contributed by atoms with van der Waals surface area (Å²) in [5.74, 6) is 0.461. The Morgan fingerprint density at radius 1 is 1.12 bits per heavy atom. The molecule has 4 heteroatoms. The Balaban J connectivity index is 1.52. The predicted molar refractivity (Wildman–Crippen MR) is 104 cm³/mol. The lowest BCUT2D eigenvalue weighted by Crippen LogP contribution is -2.38. The van der Waals surface area contributed by atoms with Gasteiger partial charge in [-0.05, 0) is 61.9 Å². The van der Waals surface area contributed by atoms with Crippen molar-refractivity contribution in [2.24, 2.45) is 0 Å². The van der Waals surface area contributed by atoms with Gasteiger partial charge in [-0.1, -0.05) is 24.3 Å². The van der Waals surface area contributed by atoms with Gasteiger partial charge in [0.25, 0.3) is 5.91 Å². The second-order valence-electron chi connectivity index (χ2n) is 7.30. The van der Waals surface area contributed by atoms with Gasteiger partial charge in [0.05, 0.1) is 5.56 Å². The van der Waals surface area contributed by atoms with Crippen molar-refractivity contribution in [1.82, 2.24) is 9.88 Å². The fourth-order valence-corrected chi connectivity index (χ4v) is 4.19. The molecule has 1 saturated heterocycles. The first kappa shape index (κ1) is 16.7. The van der Waals surface area contributed by atoms with Crippen LogP contribution in [0.25, 0.3) is 10.9 Å². The van der Waals surface area contributed by atoms with E-state index in [9.17, 15) is 9.90 Å². The smallest absolute Gasteiger partial charge is 0.257 e. The third-order valence-corrected chi connectivity index (χ3v) is 5.52. The van der Waals surface area contributed by atoms with Gasteiger partial charge >= 0.3 is 0 Å². The zero-order valence-electron chi connectivity index (χ0n) is 15.2. The number of carbonyl (C=O) groups is 1. The van der Waals surface area contributed by atoms with Crippen LogP contribution in [0.2, 0.25) is 0 Å². The van der Waals surface area contributed by atoms with E-state index in [1.807, 2.05) is 17.9 Å². The van der Waals surface area contributed by atoms with E-state index in [1.54, 1.807) is 12.1 Å². The number of aromatic amines is 1. The molecule has 4 rings (SSSR count). The van der Waals surface area contributed by atoms with Crippen molar-refractivity contribution in [3.8, 4) is 5.75 Å². The molecule has 0 unspecified atom stereocenters. The monoisotopic (exact) mass is 348 g/mol. The Labute approximate surface area is 153 Å². The van der Waals surface area contributed by atoms with Gasteiger partial charge in [-0.25, -0.2) is 0 Å². The van der Waals surface area contributed by atoms with Gasteiger partial charge in [-0.2, -0.15) is 0 Å². The maximum atomic E-state index is 12.8. The van der Waals surface area contributed by atoms with E-state index in [1.165, 1.54) is 22.2 Å². The molecule has 134 valence electrons. The van der Waals surface area contributed by atoms with Crippen LogP contribution in [0.3, 0.4) is 0 Å². The molecular formula is C22H24N2O2. The van der Waals surface area contributed by atoms with Gasteiger partial charge in [0.1, 0.15) is 5.75 Å². The zero-order chi connectivity index (χ0) is 18.3. The molecule has 1 fully saturated rings. The average Bonchev–Trinajstić information content (AvgIpc) is 2.97. The second-order valence-corrected chi connectivity index (χ2v) is 7.30. The number of H-pyrrole nitrogens is 1. The van der Waals surface area contributed by atoms with Crippen LogP contribution in [0.15, 0.2) is 42.5 Å². The highest BCUT2D eigenvalue weighted by Crippen LogP contribution is 2.36. The third-order valence-electron chi connectivity index (χ3n) is 5.52. The maximum absolute atomic E-state index is 12.8. The summed E-state index contributed by atoms with van der Waals surface area (Å²) in [5.41, 5.74) is 5.16. The Morgan fingerprint density at radius 2 is 1.85 bits per heavy atom. The number of nitrogens with zero attached hydrogens (tertiary/aromatic N) is 1. The lowest BCUT2D eigenvalue weighted by Gasteiger charge is -2.32. The molecular weight excluding hydrogens is 324 g/mol. The van der Waals surface area contributed by atoms with Crippen LogP contribution < -0.4 is 0 Å². The van der Waals surface area contributed by atoms with Crippen LogP contribution in [0.5, 0.6) is 5.75 Å². The van der Waals surface area contributed by atoms with E-state index < -0.39 is 0 Å². The SMILES string of the molecule is Cc1ccc(C(=O)N2CCC(c3c(C)[nH]c4ccccc34)CC2)c(O)c1. The van der Waals surface area contributed by atoms with E-state index in [-0.39, 0.29) is 11.7 Å². The van der Waals surface area contributed by atoms with Crippen molar-refractivity contribution in [2.45, 2.75) is 32.6 Å². The number of piperidine rings is 1. The summed E-state index contributed by atoms with van der Waals surface area (Å²) in [6.45, 7) is 5.48. The molecule has 1 aliphatic heterocycles. The van der Waals surface area contributed by atoms with Gasteiger partial charge in [-0.3, -0.25) is 4.79 Å². The second kappa shape index (κ2) is 6.52. The van der Waals surface area contributed by atoms with Crippen LogP contribution in [0.1, 0.15) is 45.9 Å². The van der Waals surface area contributed by atoms with Crippen molar-refractivity contribution in [2.75, 3.05) is 13.1 Å². The van der Waals surface area contributed by atoms with Crippen LogP contribution in [0, 0.1) is 13.8 Å². The molecule has 0 saturated carbocycles. The maximum Gasteiger partial charge on any atom is 0.257 e. The first-order chi connectivity index (χ1) is 12.5. The summed E-state index contributed by atoms with van der Waals surface area (Å²) in [5, 5.41) is 11.4. The molecule has 1 aliphatic rings. The van der Waals surface area contributed by atoms with E-state index >= 15 is 0 Å². The number of aromatic hydroxyl groups is 1. The van der Waals surface area contributed by atoms with Crippen LogP contribution in [0.4, 0.5) is 0 Å². The molecule has 0 spiro atoms. The average molecular weight is 348 g/mol. The largest absolute Gasteiger partial charge is 0.507 e. The quantitative estimate of drug-likeness (QED) is 0.716. The van der Waals surface area contributed by atoms with Gasteiger partial charge in [0.15, 0.2) is 0 Å². The molecule has 1 aromatic heterocycles. The molecule has 1 amide bonds. The minimum Gasteiger partial charge on any atom is -0.507 e. The van der Waals surface area contributed by atoms with Crippen molar-refractivity contribution in [1.29, 1.82) is 0 Å². The number of hydrogen-bond acceptors (Lipinski definition) is 2. The highest BCUT2D eigenvalue weighted by Gasteiger charge is 2.28. The summed E-state index contributed by atoms with van der Waals surface area (Å²) < 4.78 is 0. The first-order valence-electron chi connectivity index (χ1n) is 9.20. The highest BCUT2D eigenvalue weighted by atomic mass is 16.3. The van der Waals surface area contributed by atoms with Gasteiger partial charge < -0.3 is 15.0 Å². The molecule has 26 heavy (non-hydrogen) atoms. The molecule has 0 bridgehead atoms. The van der Waals surface area contributed by atoms with Crippen LogP contribution in [-0.4, -0.2) is 34.0 Å². The molecule has 2 N–H and O–H groups in total. The number of para-hydroxylation sites is 1. The molecule has 2 heterocycles. The minimum atomic E-state index is -0.0726. The Hall–Kier alpha value is -2.75. The first-order valence-corrected chi connectivity index (χ1v) is 9.20. The number of carbonyl (C=O) groups excluding carboxylic acids is 1. The number of nitrogens with one attached hydrogen (secondary N) is 1. The standard InChI is InChI=1S/C22H24N2O2/c1-14-7-8-18(20(25)13-14)22(26)24-11-9-16(10-12-24)21-15(2)23-19-6-4-3-5-17(19)21/h3-8,13,16,23,25H,9-12H2,1-2H3. The number of amides is 1. The fraction of sp³-hybridized carbons (Fsp3) is 0.318. The number of fused-ring (bicyclic) bond motifs is 1. The number of aryl methyl sites for hydroxylation is 2. The molecule has 4 nitrogen and oxygen atoms in total. The molecule has 2 aromatic carbocycles. The van der Waals surface area contributed by atoms with Crippen molar-refractivity contribution >= 4 is 16.8 Å². The van der Waals surface area contributed by atoms with Gasteiger partial charge in [0, 0.05) is 29.7 Å². The van der Waals surface area contributed by atoms with Crippen LogP contribution >= 0.6 is 0 Å². The van der Waals surface area contributed by atoms with Gasteiger partial charge in [0.2, 0.25) is 0 Å². The summed E-state index contributed by atoms with van der Waals surface area (Å²) >= 11 is 0. The van der Waals surface area contributed by atoms with Crippen molar-refractivity contribution in [3.63, 3.8) is 0 Å². The topological polar surface area (TPSA) is 56.3 Å². The summed E-state index contributed by atoms with van der Waals surface area (Å²) in [4.78, 5) is 18.1. The Kier molecular flexibility index (Phi) is 4.19. The van der Waals surface area contributed by atoms with Gasteiger partial charge in [-0.15, -0.1) is 0 Å². The number of benzene rings is 2. The number of hydrogen-bond donors (Lipinski definition) is 2. The van der Waals surface area contributed by atoms with Crippen molar-refractivity contribution < 1.29 is 9.90 Å². The lowest BCUT2D eigenvalue weighted by atomic mass is 9.87. The van der Waals surface area contributed by atoms with E-state index in [4.69, 9.17) is 0 Å². The third kappa shape index (κ3) is 2.85. The number of rotatable bonds is 2. The van der Waals surface area contributed by atoms with E-state index in [0.717, 1.165) is 31.5 Å². The van der Waals surface area contributed by atoms with E-state index in [2.05, 4.69) is 36.2 Å². The normalized spacial score (nSPS) is 15.5. The van der Waals surface area contributed by atoms with Crippen molar-refractivity contribution in [3.05, 3.63) is 64.8 Å². The summed E-state index contributed by atoms with van der Waals surface area (Å²) in [6.07, 6.45) is 1.89. The Bertz CT molecular complexity index is 965. The fourth-order valence-electron chi connectivity index (χ4n) is 4.19. The summed E-state index contributed by atoms with van der Waals surface area (Å²) in [7, 11) is 0. The minimum absolute atomic E-state index is 0.0726. The zero-order valence-corrected chi connectivity index (χ0v) is 15.2. The number of aromatic nitrogens is 1. The highest BCUT2D eigenvalue weighted by molar-refractivity contribution is 5.97. The predicted octanol–water partition coefficient (Wildman–Crippen LogP) is 4.51. The van der Waals surface area contributed by atoms with E-state index in [0.29, 0.717) is 11.5 Å². The van der Waals surface area contributed by atoms with Crippen LogP contribution in [-0.2, 0) is 0 Å². The number of phenolic OH excluding ortho intramolecular Hbond substituents is 1.